The van der Waals surface area contributed by atoms with Crippen molar-refractivity contribution >= 4 is 29.2 Å². The monoisotopic (exact) mass is 376 g/mol. The van der Waals surface area contributed by atoms with E-state index in [0.29, 0.717) is 22.0 Å². The zero-order valence-corrected chi connectivity index (χ0v) is 15.6. The fourth-order valence-electron chi connectivity index (χ4n) is 2.42. The third-order valence-corrected chi connectivity index (χ3v) is 4.20. The van der Waals surface area contributed by atoms with E-state index in [0.717, 1.165) is 5.56 Å². The van der Waals surface area contributed by atoms with E-state index in [1.165, 1.54) is 14.2 Å². The Bertz CT molecular complexity index is 781. The lowest BCUT2D eigenvalue weighted by Gasteiger charge is -2.17. The number of aryl methyl sites for hydroxylation is 1. The van der Waals surface area contributed by atoms with Gasteiger partial charge in [-0.2, -0.15) is 0 Å². The molecule has 2 aromatic carbocycles. The van der Waals surface area contributed by atoms with Gasteiger partial charge >= 0.3 is 5.97 Å². The Morgan fingerprint density at radius 1 is 1.15 bits per heavy atom. The highest BCUT2D eigenvalue weighted by molar-refractivity contribution is 6.31. The fraction of sp³-hybridized carbons (Fsp3) is 0.263. The number of nitrogens with one attached hydrogen (secondary N) is 2. The number of halogens is 1. The lowest BCUT2D eigenvalue weighted by molar-refractivity contribution is -0.143. The van der Waals surface area contributed by atoms with Crippen molar-refractivity contribution in [3.05, 3.63) is 58.6 Å². The Hall–Kier alpha value is -2.57. The maximum absolute atomic E-state index is 12.3. The minimum Gasteiger partial charge on any atom is -0.495 e. The molecule has 0 aliphatic heterocycles. The largest absolute Gasteiger partial charge is 0.495 e. The lowest BCUT2D eigenvalue weighted by atomic mass is 10.1. The van der Waals surface area contributed by atoms with Crippen molar-refractivity contribution < 1.29 is 19.1 Å². The fourth-order valence-corrected chi connectivity index (χ4v) is 2.57. The van der Waals surface area contributed by atoms with Crippen LogP contribution in [0.3, 0.4) is 0 Å². The highest BCUT2D eigenvalue weighted by Crippen LogP contribution is 2.30. The van der Waals surface area contributed by atoms with Crippen LogP contribution in [-0.4, -0.2) is 32.6 Å². The van der Waals surface area contributed by atoms with Crippen LogP contribution in [-0.2, 0) is 14.3 Å². The molecule has 0 saturated heterocycles. The van der Waals surface area contributed by atoms with Gasteiger partial charge in [0.2, 0.25) is 5.91 Å². The number of benzene rings is 2. The molecule has 1 atom stereocenters. The number of methoxy groups -OCH3 is 2. The third-order valence-electron chi connectivity index (χ3n) is 3.79. The minimum atomic E-state index is -0.735. The van der Waals surface area contributed by atoms with Gasteiger partial charge in [0.15, 0.2) is 0 Å². The van der Waals surface area contributed by atoms with Gasteiger partial charge in [-0.15, -0.1) is 0 Å². The normalized spacial score (nSPS) is 11.5. The van der Waals surface area contributed by atoms with Crippen LogP contribution in [0, 0.1) is 6.92 Å². The second-order valence-electron chi connectivity index (χ2n) is 5.60. The number of rotatable bonds is 7. The molecule has 0 radical (unpaired) electrons. The molecule has 2 N–H and O–H groups in total. The van der Waals surface area contributed by atoms with Gasteiger partial charge in [0.05, 0.1) is 26.5 Å². The van der Waals surface area contributed by atoms with Crippen molar-refractivity contribution in [2.45, 2.75) is 13.0 Å². The average molecular weight is 377 g/mol. The molecule has 0 spiro atoms. The van der Waals surface area contributed by atoms with Crippen LogP contribution in [0.2, 0.25) is 5.02 Å². The predicted molar refractivity (Wildman–Crippen MR) is 101 cm³/mol. The molecular formula is C19H21ClN2O4. The number of anilines is 1. The SMILES string of the molecule is COC(=O)[C@@H](NCC(=O)Nc1cc(C)c(Cl)cc1OC)c1ccccc1. The first-order valence-electron chi connectivity index (χ1n) is 7.96. The van der Waals surface area contributed by atoms with Gasteiger partial charge < -0.3 is 14.8 Å². The summed E-state index contributed by atoms with van der Waals surface area (Å²) >= 11 is 6.07. The van der Waals surface area contributed by atoms with Crippen LogP contribution in [0.1, 0.15) is 17.2 Å². The number of carbonyl (C=O) groups excluding carboxylic acids is 2. The molecule has 2 aromatic rings. The molecule has 7 heteroatoms. The molecule has 138 valence electrons. The minimum absolute atomic E-state index is 0.0838. The Kier molecular flexibility index (Phi) is 7.00. The molecule has 0 unspecified atom stereocenters. The lowest BCUT2D eigenvalue weighted by Crippen LogP contribution is -2.35. The smallest absolute Gasteiger partial charge is 0.327 e. The first-order chi connectivity index (χ1) is 12.5. The summed E-state index contributed by atoms with van der Waals surface area (Å²) in [4.78, 5) is 24.3. The van der Waals surface area contributed by atoms with Crippen molar-refractivity contribution in [1.29, 1.82) is 0 Å². The van der Waals surface area contributed by atoms with Crippen molar-refractivity contribution in [1.82, 2.24) is 5.32 Å². The van der Waals surface area contributed by atoms with Crippen LogP contribution in [0.4, 0.5) is 5.69 Å². The second-order valence-corrected chi connectivity index (χ2v) is 6.00. The number of ether oxygens (including phenoxy) is 2. The van der Waals surface area contributed by atoms with E-state index in [1.807, 2.05) is 25.1 Å². The first-order valence-corrected chi connectivity index (χ1v) is 8.34. The standard InChI is InChI=1S/C19H21ClN2O4/c1-12-9-15(16(25-2)10-14(12)20)22-17(23)11-21-18(19(24)26-3)13-7-5-4-6-8-13/h4-10,18,21H,11H2,1-3H3,(H,22,23)/t18-/m0/s1. The molecule has 0 aliphatic rings. The third kappa shape index (κ3) is 4.97. The first kappa shape index (κ1) is 19.8. The van der Waals surface area contributed by atoms with Gasteiger partial charge in [-0.25, -0.2) is 4.79 Å². The quantitative estimate of drug-likeness (QED) is 0.726. The zero-order chi connectivity index (χ0) is 19.1. The summed E-state index contributed by atoms with van der Waals surface area (Å²) in [6.45, 7) is 1.75. The molecule has 0 aliphatic carbocycles. The summed E-state index contributed by atoms with van der Waals surface area (Å²) in [6.07, 6.45) is 0. The van der Waals surface area contributed by atoms with E-state index in [-0.39, 0.29) is 12.5 Å². The maximum Gasteiger partial charge on any atom is 0.327 e. The molecule has 26 heavy (non-hydrogen) atoms. The molecule has 0 saturated carbocycles. The number of hydrogen-bond acceptors (Lipinski definition) is 5. The summed E-state index contributed by atoms with van der Waals surface area (Å²) in [5.41, 5.74) is 2.04. The summed E-state index contributed by atoms with van der Waals surface area (Å²) < 4.78 is 10.1. The Morgan fingerprint density at radius 2 is 1.85 bits per heavy atom. The van der Waals surface area contributed by atoms with Crippen molar-refractivity contribution in [3.63, 3.8) is 0 Å². The molecule has 2 rings (SSSR count). The van der Waals surface area contributed by atoms with Crippen molar-refractivity contribution in [2.75, 3.05) is 26.1 Å². The van der Waals surface area contributed by atoms with Crippen LogP contribution >= 0.6 is 11.6 Å². The van der Waals surface area contributed by atoms with Crippen LogP contribution in [0.15, 0.2) is 42.5 Å². The maximum atomic E-state index is 12.3. The molecule has 0 aromatic heterocycles. The summed E-state index contributed by atoms with van der Waals surface area (Å²) in [5, 5.41) is 6.22. The topological polar surface area (TPSA) is 76.7 Å². The summed E-state index contributed by atoms with van der Waals surface area (Å²) in [7, 11) is 2.80. The van der Waals surface area contributed by atoms with E-state index in [2.05, 4.69) is 10.6 Å². The Labute approximate surface area is 157 Å². The van der Waals surface area contributed by atoms with Crippen LogP contribution in [0.25, 0.3) is 0 Å². The molecule has 6 nitrogen and oxygen atoms in total. The van der Waals surface area contributed by atoms with E-state index in [1.54, 1.807) is 24.3 Å². The number of esters is 1. The van der Waals surface area contributed by atoms with Crippen LogP contribution < -0.4 is 15.4 Å². The second kappa shape index (κ2) is 9.22. The van der Waals surface area contributed by atoms with E-state index in [4.69, 9.17) is 21.1 Å². The van der Waals surface area contributed by atoms with E-state index >= 15 is 0 Å². The number of carbonyl (C=O) groups is 2. The average Bonchev–Trinajstić information content (AvgIpc) is 2.65. The van der Waals surface area contributed by atoms with Gasteiger partial charge in [0.1, 0.15) is 11.8 Å². The van der Waals surface area contributed by atoms with Crippen LogP contribution in [0.5, 0.6) is 5.75 Å². The van der Waals surface area contributed by atoms with Crippen molar-refractivity contribution in [3.8, 4) is 5.75 Å². The number of hydrogen-bond donors (Lipinski definition) is 2. The van der Waals surface area contributed by atoms with E-state index in [9.17, 15) is 9.59 Å². The Balaban J connectivity index is 2.07. The summed E-state index contributed by atoms with van der Waals surface area (Å²) in [5.74, 6) is -0.333. The molecule has 0 heterocycles. The van der Waals surface area contributed by atoms with Crippen molar-refractivity contribution in [2.24, 2.45) is 0 Å². The molecule has 0 bridgehead atoms. The predicted octanol–water partition coefficient (Wildman–Crippen LogP) is 3.10. The highest BCUT2D eigenvalue weighted by Gasteiger charge is 2.22. The van der Waals surface area contributed by atoms with Gasteiger partial charge in [0.25, 0.3) is 0 Å². The molecular weight excluding hydrogens is 356 g/mol. The molecule has 1 amide bonds. The molecule has 0 fully saturated rings. The number of amides is 1. The Morgan fingerprint density at radius 3 is 2.46 bits per heavy atom. The highest BCUT2D eigenvalue weighted by atomic mass is 35.5. The van der Waals surface area contributed by atoms with Gasteiger partial charge in [-0.05, 0) is 24.1 Å². The van der Waals surface area contributed by atoms with Gasteiger partial charge in [-0.1, -0.05) is 41.9 Å². The zero-order valence-electron chi connectivity index (χ0n) is 14.8. The van der Waals surface area contributed by atoms with Gasteiger partial charge in [-0.3, -0.25) is 10.1 Å². The van der Waals surface area contributed by atoms with E-state index < -0.39 is 12.0 Å². The van der Waals surface area contributed by atoms with Gasteiger partial charge in [0, 0.05) is 11.1 Å². The summed E-state index contributed by atoms with van der Waals surface area (Å²) in [6, 6.07) is 11.7.